The highest BCUT2D eigenvalue weighted by Gasteiger charge is 2.18. The van der Waals surface area contributed by atoms with E-state index in [4.69, 9.17) is 9.47 Å². The molecule has 0 unspecified atom stereocenters. The van der Waals surface area contributed by atoms with Crippen LogP contribution in [-0.2, 0) is 0 Å². The van der Waals surface area contributed by atoms with Gasteiger partial charge in [0.15, 0.2) is 23.1 Å². The van der Waals surface area contributed by atoms with Crippen LogP contribution in [0.1, 0.15) is 42.6 Å². The molecule has 0 fully saturated rings. The molecule has 0 saturated heterocycles. The van der Waals surface area contributed by atoms with Crippen LogP contribution in [0.3, 0.4) is 0 Å². The number of benzene rings is 1. The number of hydrogen-bond acceptors (Lipinski definition) is 6. The molecule has 30 heavy (non-hydrogen) atoms. The molecule has 0 saturated carbocycles. The molecule has 0 aliphatic carbocycles. The van der Waals surface area contributed by atoms with Crippen molar-refractivity contribution in [2.45, 2.75) is 26.7 Å². The van der Waals surface area contributed by atoms with Gasteiger partial charge in [0.2, 0.25) is 0 Å². The summed E-state index contributed by atoms with van der Waals surface area (Å²) in [6.07, 6.45) is 4.96. The molecule has 2 heterocycles. The number of pyridine rings is 1. The summed E-state index contributed by atoms with van der Waals surface area (Å²) < 4.78 is 12.8. The second-order valence-electron chi connectivity index (χ2n) is 6.37. The van der Waals surface area contributed by atoms with Crippen molar-refractivity contribution in [3.05, 3.63) is 59.9 Å². The lowest BCUT2D eigenvalue weighted by molar-refractivity contribution is 0.102. The normalized spacial score (nSPS) is 10.3. The van der Waals surface area contributed by atoms with Gasteiger partial charge in [-0.3, -0.25) is 4.79 Å². The first kappa shape index (κ1) is 20.9. The van der Waals surface area contributed by atoms with E-state index in [1.807, 2.05) is 13.0 Å². The van der Waals surface area contributed by atoms with Gasteiger partial charge in [0, 0.05) is 11.8 Å². The summed E-state index contributed by atoms with van der Waals surface area (Å²) >= 11 is 0. The molecule has 8 heteroatoms. The van der Waals surface area contributed by atoms with Gasteiger partial charge in [-0.05, 0) is 43.7 Å². The van der Waals surface area contributed by atoms with Crippen molar-refractivity contribution in [1.82, 2.24) is 14.8 Å². The summed E-state index contributed by atoms with van der Waals surface area (Å²) in [4.78, 5) is 17.1. The van der Waals surface area contributed by atoms with Crippen molar-refractivity contribution in [3.63, 3.8) is 0 Å². The van der Waals surface area contributed by atoms with E-state index in [9.17, 15) is 10.1 Å². The van der Waals surface area contributed by atoms with Crippen LogP contribution in [0.2, 0.25) is 0 Å². The van der Waals surface area contributed by atoms with Gasteiger partial charge >= 0.3 is 0 Å². The van der Waals surface area contributed by atoms with E-state index in [1.54, 1.807) is 42.6 Å². The number of hydrogen-bond donors (Lipinski definition) is 1. The Bertz CT molecular complexity index is 1040. The molecular formula is C22H23N5O3. The number of anilines is 1. The maximum absolute atomic E-state index is 12.9. The smallest absolute Gasteiger partial charge is 0.256 e. The standard InChI is InChI=1S/C22H23N5O3/c1-3-5-12-30-18-10-9-16(13-19(18)29-4-2)22(28)26-21-17(14-23)15-25-27(21)20-8-6-7-11-24-20/h6-11,13,15H,3-5,12H2,1-2H3,(H,26,28). The Hall–Kier alpha value is -3.86. The second kappa shape index (κ2) is 10.1. The zero-order chi connectivity index (χ0) is 21.3. The third-order valence-corrected chi connectivity index (χ3v) is 4.25. The fourth-order valence-electron chi connectivity index (χ4n) is 2.75. The quantitative estimate of drug-likeness (QED) is 0.541. The van der Waals surface area contributed by atoms with Crippen LogP contribution in [0.25, 0.3) is 5.82 Å². The molecule has 3 aromatic rings. The van der Waals surface area contributed by atoms with Gasteiger partial charge in [-0.1, -0.05) is 19.4 Å². The van der Waals surface area contributed by atoms with E-state index in [0.717, 1.165) is 12.8 Å². The first-order chi connectivity index (χ1) is 14.7. The van der Waals surface area contributed by atoms with Crippen LogP contribution in [-0.4, -0.2) is 33.9 Å². The minimum Gasteiger partial charge on any atom is -0.490 e. The first-order valence-corrected chi connectivity index (χ1v) is 9.78. The van der Waals surface area contributed by atoms with Crippen LogP contribution in [0, 0.1) is 11.3 Å². The third-order valence-electron chi connectivity index (χ3n) is 4.25. The molecule has 0 radical (unpaired) electrons. The predicted octanol–water partition coefficient (Wildman–Crippen LogP) is 3.97. The fraction of sp³-hybridized carbons (Fsp3) is 0.273. The van der Waals surface area contributed by atoms with Crippen LogP contribution >= 0.6 is 0 Å². The second-order valence-corrected chi connectivity index (χ2v) is 6.37. The average molecular weight is 405 g/mol. The summed E-state index contributed by atoms with van der Waals surface area (Å²) in [6, 6.07) is 12.4. The highest BCUT2D eigenvalue weighted by atomic mass is 16.5. The van der Waals surface area contributed by atoms with Crippen LogP contribution in [0.5, 0.6) is 11.5 Å². The van der Waals surface area contributed by atoms with E-state index in [0.29, 0.717) is 36.1 Å². The molecule has 0 atom stereocenters. The zero-order valence-electron chi connectivity index (χ0n) is 17.0. The minimum absolute atomic E-state index is 0.235. The highest BCUT2D eigenvalue weighted by Crippen LogP contribution is 2.29. The third kappa shape index (κ3) is 4.75. The number of aromatic nitrogens is 3. The van der Waals surface area contributed by atoms with Crippen molar-refractivity contribution in [2.24, 2.45) is 0 Å². The molecular weight excluding hydrogens is 382 g/mol. The Morgan fingerprint density at radius 1 is 1.20 bits per heavy atom. The summed E-state index contributed by atoms with van der Waals surface area (Å²) in [7, 11) is 0. The molecule has 0 aliphatic rings. The summed E-state index contributed by atoms with van der Waals surface area (Å²) in [5.74, 6) is 1.44. The SMILES string of the molecule is CCCCOc1ccc(C(=O)Nc2c(C#N)cnn2-c2ccccn2)cc1OCC. The first-order valence-electron chi connectivity index (χ1n) is 9.78. The molecule has 1 aromatic carbocycles. The van der Waals surface area contributed by atoms with Crippen LogP contribution in [0.15, 0.2) is 48.8 Å². The maximum Gasteiger partial charge on any atom is 0.256 e. The molecule has 0 spiro atoms. The van der Waals surface area contributed by atoms with E-state index >= 15 is 0 Å². The van der Waals surface area contributed by atoms with Crippen molar-refractivity contribution in [1.29, 1.82) is 5.26 Å². The summed E-state index contributed by atoms with van der Waals surface area (Å²) in [5, 5.41) is 16.4. The fourth-order valence-corrected chi connectivity index (χ4v) is 2.75. The van der Waals surface area contributed by atoms with Gasteiger partial charge in [0.25, 0.3) is 5.91 Å². The van der Waals surface area contributed by atoms with Crippen LogP contribution in [0.4, 0.5) is 5.82 Å². The lowest BCUT2D eigenvalue weighted by Crippen LogP contribution is -2.16. The largest absolute Gasteiger partial charge is 0.490 e. The number of carbonyl (C=O) groups is 1. The van der Waals surface area contributed by atoms with Crippen molar-refractivity contribution in [2.75, 3.05) is 18.5 Å². The molecule has 1 amide bonds. The van der Waals surface area contributed by atoms with Crippen molar-refractivity contribution in [3.8, 4) is 23.4 Å². The van der Waals surface area contributed by atoms with E-state index in [1.165, 1.54) is 10.9 Å². The van der Waals surface area contributed by atoms with Crippen LogP contribution < -0.4 is 14.8 Å². The number of nitrogens with one attached hydrogen (secondary N) is 1. The Morgan fingerprint density at radius 2 is 2.07 bits per heavy atom. The molecule has 1 N–H and O–H groups in total. The average Bonchev–Trinajstić information content (AvgIpc) is 3.18. The number of ether oxygens (including phenoxy) is 2. The Labute approximate surface area is 175 Å². The lowest BCUT2D eigenvalue weighted by atomic mass is 10.2. The van der Waals surface area contributed by atoms with Gasteiger partial charge in [-0.2, -0.15) is 15.0 Å². The van der Waals surface area contributed by atoms with Gasteiger partial charge < -0.3 is 14.8 Å². The minimum atomic E-state index is -0.398. The number of carbonyl (C=O) groups excluding carboxylic acids is 1. The maximum atomic E-state index is 12.9. The van der Waals surface area contributed by atoms with Gasteiger partial charge in [0.1, 0.15) is 11.6 Å². The highest BCUT2D eigenvalue weighted by molar-refractivity contribution is 6.05. The Kier molecular flexibility index (Phi) is 7.00. The molecule has 154 valence electrons. The van der Waals surface area contributed by atoms with E-state index < -0.39 is 5.91 Å². The molecule has 8 nitrogen and oxygen atoms in total. The van der Waals surface area contributed by atoms with Gasteiger partial charge in [-0.15, -0.1) is 0 Å². The number of rotatable bonds is 9. The summed E-state index contributed by atoms with van der Waals surface area (Å²) in [5.41, 5.74) is 0.609. The molecule has 0 aliphatic heterocycles. The Balaban J connectivity index is 1.87. The Morgan fingerprint density at radius 3 is 2.77 bits per heavy atom. The number of nitrogens with zero attached hydrogens (tertiary/aromatic N) is 4. The van der Waals surface area contributed by atoms with Crippen molar-refractivity contribution < 1.29 is 14.3 Å². The number of nitriles is 1. The van der Waals surface area contributed by atoms with Gasteiger partial charge in [0.05, 0.1) is 19.4 Å². The molecule has 3 rings (SSSR count). The summed E-state index contributed by atoms with van der Waals surface area (Å²) in [6.45, 7) is 4.98. The number of amides is 1. The zero-order valence-corrected chi connectivity index (χ0v) is 17.0. The monoisotopic (exact) mass is 405 g/mol. The molecule has 0 bridgehead atoms. The predicted molar refractivity (Wildman–Crippen MR) is 112 cm³/mol. The topological polar surface area (TPSA) is 102 Å². The van der Waals surface area contributed by atoms with Crippen molar-refractivity contribution >= 4 is 11.7 Å². The van der Waals surface area contributed by atoms with E-state index in [2.05, 4.69) is 22.3 Å². The number of unbranched alkanes of at least 4 members (excludes halogenated alkanes) is 1. The lowest BCUT2D eigenvalue weighted by Gasteiger charge is -2.14. The van der Waals surface area contributed by atoms with Gasteiger partial charge in [-0.25, -0.2) is 4.98 Å². The van der Waals surface area contributed by atoms with E-state index in [-0.39, 0.29) is 11.4 Å². The molecule has 2 aromatic heterocycles.